The molecule has 0 unspecified atom stereocenters. The van der Waals surface area contributed by atoms with Gasteiger partial charge in [0.1, 0.15) is 18.2 Å². The molecule has 1 fully saturated rings. The Morgan fingerprint density at radius 2 is 1.58 bits per heavy atom. The Hall–Kier alpha value is -3.30. The molecule has 1 saturated heterocycles. The molecule has 1 atom stereocenters. The standard InChI is InChI=1S/C28H43N3O7/c1-5-6-7-11-20-36-27(35)31-18-16-30(17-19-31)25(33)23(14-15-24(32)38-28(2,3)4)29-26(34)37-21-22-12-9-8-10-13-22/h8-10,12-13,23H,5-7,11,14-21H2,1-4H3,(H,29,34)/t23-/m0/s1. The van der Waals surface area contributed by atoms with Gasteiger partial charge in [-0.15, -0.1) is 0 Å². The van der Waals surface area contributed by atoms with E-state index in [1.807, 2.05) is 30.3 Å². The molecule has 1 aliphatic rings. The maximum absolute atomic E-state index is 13.3. The van der Waals surface area contributed by atoms with Crippen molar-refractivity contribution in [3.63, 3.8) is 0 Å². The molecule has 1 N–H and O–H groups in total. The molecule has 1 aliphatic heterocycles. The molecule has 0 spiro atoms. The predicted molar refractivity (Wildman–Crippen MR) is 142 cm³/mol. The Kier molecular flexibility index (Phi) is 12.9. The summed E-state index contributed by atoms with van der Waals surface area (Å²) in [5, 5.41) is 2.62. The highest BCUT2D eigenvalue weighted by molar-refractivity contribution is 5.86. The van der Waals surface area contributed by atoms with E-state index in [0.717, 1.165) is 31.2 Å². The molecular weight excluding hydrogens is 490 g/mol. The van der Waals surface area contributed by atoms with Gasteiger partial charge in [0, 0.05) is 32.6 Å². The Morgan fingerprint density at radius 1 is 0.921 bits per heavy atom. The zero-order chi connectivity index (χ0) is 28.0. The molecule has 0 saturated carbocycles. The number of rotatable bonds is 12. The van der Waals surface area contributed by atoms with Gasteiger partial charge < -0.3 is 29.3 Å². The van der Waals surface area contributed by atoms with E-state index in [-0.39, 0.29) is 31.4 Å². The first-order chi connectivity index (χ1) is 18.1. The SMILES string of the molecule is CCCCCCOC(=O)N1CCN(C(=O)[C@H](CCC(=O)OC(C)(C)C)NC(=O)OCc2ccccc2)CC1. The average molecular weight is 534 g/mol. The van der Waals surface area contributed by atoms with Gasteiger partial charge >= 0.3 is 18.2 Å². The van der Waals surface area contributed by atoms with Crippen molar-refractivity contribution in [2.24, 2.45) is 0 Å². The quantitative estimate of drug-likeness (QED) is 0.242. The van der Waals surface area contributed by atoms with Crippen LogP contribution < -0.4 is 5.32 Å². The lowest BCUT2D eigenvalue weighted by atomic mass is 10.1. The zero-order valence-electron chi connectivity index (χ0n) is 23.2. The van der Waals surface area contributed by atoms with E-state index in [2.05, 4.69) is 12.2 Å². The van der Waals surface area contributed by atoms with Crippen molar-refractivity contribution in [1.29, 1.82) is 0 Å². The fourth-order valence-electron chi connectivity index (χ4n) is 3.93. The van der Waals surface area contributed by atoms with Gasteiger partial charge in [-0.25, -0.2) is 9.59 Å². The molecule has 0 bridgehead atoms. The highest BCUT2D eigenvalue weighted by Crippen LogP contribution is 2.13. The first-order valence-electron chi connectivity index (χ1n) is 13.5. The molecule has 0 aliphatic carbocycles. The van der Waals surface area contributed by atoms with Crippen LogP contribution in [0.2, 0.25) is 0 Å². The summed E-state index contributed by atoms with van der Waals surface area (Å²) in [5.74, 6) is -0.793. The number of esters is 1. The van der Waals surface area contributed by atoms with Crippen molar-refractivity contribution < 1.29 is 33.4 Å². The number of hydrogen-bond donors (Lipinski definition) is 1. The molecule has 38 heavy (non-hydrogen) atoms. The number of unbranched alkanes of at least 4 members (excludes halogenated alkanes) is 3. The summed E-state index contributed by atoms with van der Waals surface area (Å²) >= 11 is 0. The molecule has 0 aromatic heterocycles. The topological polar surface area (TPSA) is 114 Å². The largest absolute Gasteiger partial charge is 0.460 e. The van der Waals surface area contributed by atoms with Crippen LogP contribution in [-0.2, 0) is 30.4 Å². The van der Waals surface area contributed by atoms with Crippen LogP contribution in [0.15, 0.2) is 30.3 Å². The van der Waals surface area contributed by atoms with Crippen molar-refractivity contribution in [2.45, 2.75) is 84.5 Å². The third kappa shape index (κ3) is 11.8. The summed E-state index contributed by atoms with van der Waals surface area (Å²) in [6.45, 7) is 9.12. The number of ether oxygens (including phenoxy) is 3. The van der Waals surface area contributed by atoms with Gasteiger partial charge in [0.05, 0.1) is 6.61 Å². The van der Waals surface area contributed by atoms with Gasteiger partial charge in [0.2, 0.25) is 5.91 Å². The van der Waals surface area contributed by atoms with Gasteiger partial charge in [-0.1, -0.05) is 56.5 Å². The van der Waals surface area contributed by atoms with Gasteiger partial charge in [0.25, 0.3) is 0 Å². The number of hydrogen-bond acceptors (Lipinski definition) is 7. The van der Waals surface area contributed by atoms with Gasteiger partial charge in [-0.05, 0) is 39.2 Å². The van der Waals surface area contributed by atoms with Crippen LogP contribution in [0.5, 0.6) is 0 Å². The van der Waals surface area contributed by atoms with E-state index >= 15 is 0 Å². The molecule has 1 aromatic rings. The number of carbonyl (C=O) groups excluding carboxylic acids is 4. The van der Waals surface area contributed by atoms with Crippen molar-refractivity contribution in [3.8, 4) is 0 Å². The minimum atomic E-state index is -0.970. The first kappa shape index (κ1) is 30.9. The summed E-state index contributed by atoms with van der Waals surface area (Å²) in [4.78, 5) is 53.6. The number of benzene rings is 1. The van der Waals surface area contributed by atoms with E-state index in [4.69, 9.17) is 14.2 Å². The molecule has 3 amide bonds. The summed E-state index contributed by atoms with van der Waals surface area (Å²) in [7, 11) is 0. The third-order valence-electron chi connectivity index (χ3n) is 5.93. The Morgan fingerprint density at radius 3 is 2.21 bits per heavy atom. The number of alkyl carbamates (subject to hydrolysis) is 1. The van der Waals surface area contributed by atoms with Crippen molar-refractivity contribution in [1.82, 2.24) is 15.1 Å². The first-order valence-corrected chi connectivity index (χ1v) is 13.5. The maximum Gasteiger partial charge on any atom is 0.409 e. The summed E-state index contributed by atoms with van der Waals surface area (Å²) < 4.78 is 16.0. The predicted octanol–water partition coefficient (Wildman–Crippen LogP) is 4.26. The highest BCUT2D eigenvalue weighted by Gasteiger charge is 2.31. The summed E-state index contributed by atoms with van der Waals surface area (Å²) in [5.41, 5.74) is 0.159. The van der Waals surface area contributed by atoms with Crippen molar-refractivity contribution in [3.05, 3.63) is 35.9 Å². The van der Waals surface area contributed by atoms with Crippen molar-refractivity contribution >= 4 is 24.1 Å². The Labute approximate surface area is 226 Å². The number of carbonyl (C=O) groups is 4. The minimum Gasteiger partial charge on any atom is -0.460 e. The highest BCUT2D eigenvalue weighted by atomic mass is 16.6. The molecular formula is C28H43N3O7. The van der Waals surface area contributed by atoms with Crippen LogP contribution in [0, 0.1) is 0 Å². The zero-order valence-corrected chi connectivity index (χ0v) is 23.2. The normalized spacial score (nSPS) is 14.4. The van der Waals surface area contributed by atoms with E-state index in [9.17, 15) is 19.2 Å². The number of amides is 3. The lowest BCUT2D eigenvalue weighted by Gasteiger charge is -2.36. The van der Waals surface area contributed by atoms with E-state index in [1.54, 1.807) is 30.6 Å². The van der Waals surface area contributed by atoms with Crippen LogP contribution in [-0.4, -0.2) is 78.3 Å². The molecule has 10 heteroatoms. The van der Waals surface area contributed by atoms with Crippen LogP contribution in [0.25, 0.3) is 0 Å². The van der Waals surface area contributed by atoms with Crippen LogP contribution in [0.4, 0.5) is 9.59 Å². The lowest BCUT2D eigenvalue weighted by Crippen LogP contribution is -2.56. The van der Waals surface area contributed by atoms with Gasteiger partial charge in [-0.3, -0.25) is 9.59 Å². The molecule has 1 aromatic carbocycles. The molecule has 212 valence electrons. The smallest absolute Gasteiger partial charge is 0.409 e. The van der Waals surface area contributed by atoms with Gasteiger partial charge in [-0.2, -0.15) is 0 Å². The molecule has 10 nitrogen and oxygen atoms in total. The van der Waals surface area contributed by atoms with Crippen LogP contribution >= 0.6 is 0 Å². The second-order valence-electron chi connectivity index (χ2n) is 10.4. The average Bonchev–Trinajstić information content (AvgIpc) is 2.89. The monoisotopic (exact) mass is 533 g/mol. The summed E-state index contributed by atoms with van der Waals surface area (Å²) in [6, 6.07) is 8.23. The van der Waals surface area contributed by atoms with Crippen LogP contribution in [0.3, 0.4) is 0 Å². The Bertz CT molecular complexity index is 893. The molecule has 2 rings (SSSR count). The van der Waals surface area contributed by atoms with E-state index in [1.165, 1.54) is 0 Å². The fourth-order valence-corrected chi connectivity index (χ4v) is 3.93. The van der Waals surface area contributed by atoms with E-state index < -0.39 is 23.7 Å². The molecule has 1 heterocycles. The second-order valence-corrected chi connectivity index (χ2v) is 10.4. The number of nitrogens with one attached hydrogen (secondary N) is 1. The minimum absolute atomic E-state index is 0.0447. The number of piperazine rings is 1. The Balaban J connectivity index is 1.91. The van der Waals surface area contributed by atoms with E-state index in [0.29, 0.717) is 32.8 Å². The van der Waals surface area contributed by atoms with Crippen molar-refractivity contribution in [2.75, 3.05) is 32.8 Å². The van der Waals surface area contributed by atoms with Crippen LogP contribution in [0.1, 0.15) is 71.8 Å². The molecule has 0 radical (unpaired) electrons. The van der Waals surface area contributed by atoms with Gasteiger partial charge in [0.15, 0.2) is 0 Å². The number of nitrogens with zero attached hydrogens (tertiary/aromatic N) is 2. The fraction of sp³-hybridized carbons (Fsp3) is 0.643. The second kappa shape index (κ2) is 15.8. The third-order valence-corrected chi connectivity index (χ3v) is 5.93. The maximum atomic E-state index is 13.3. The lowest BCUT2D eigenvalue weighted by molar-refractivity contribution is -0.155. The summed E-state index contributed by atoms with van der Waals surface area (Å²) in [6.07, 6.45) is 2.98.